The quantitative estimate of drug-likeness (QED) is 0.706. The van der Waals surface area contributed by atoms with Crippen molar-refractivity contribution < 1.29 is 4.39 Å². The Bertz CT molecular complexity index is 468. The predicted octanol–water partition coefficient (Wildman–Crippen LogP) is 3.74. The molecule has 0 aliphatic carbocycles. The third kappa shape index (κ3) is 1.41. The molecule has 14 heavy (non-hydrogen) atoms. The molecule has 0 aliphatic rings. The number of nitrogens with one attached hydrogen (secondary N) is 1. The Kier molecular flexibility index (Phi) is 2.06. The van der Waals surface area contributed by atoms with Gasteiger partial charge in [0.1, 0.15) is 5.82 Å². The smallest absolute Gasteiger partial charge is 0.125 e. The minimum Gasteiger partial charge on any atom is -0.359 e. The van der Waals surface area contributed by atoms with E-state index in [1.807, 2.05) is 6.92 Å². The number of halogens is 1. The molecule has 0 saturated heterocycles. The molecule has 2 heteroatoms. The van der Waals surface area contributed by atoms with Gasteiger partial charge in [-0.1, -0.05) is 13.8 Å². The van der Waals surface area contributed by atoms with Crippen LogP contribution in [-0.2, 0) is 0 Å². The Morgan fingerprint density at radius 2 is 1.93 bits per heavy atom. The minimum absolute atomic E-state index is 0.164. The summed E-state index contributed by atoms with van der Waals surface area (Å²) in [6, 6.07) is 5.25. The van der Waals surface area contributed by atoms with Crippen LogP contribution in [0, 0.1) is 12.7 Å². The average molecular weight is 191 g/mol. The van der Waals surface area contributed by atoms with Crippen LogP contribution in [0.1, 0.15) is 31.0 Å². The highest BCUT2D eigenvalue weighted by atomic mass is 19.1. The summed E-state index contributed by atoms with van der Waals surface area (Å²) >= 11 is 0. The van der Waals surface area contributed by atoms with E-state index < -0.39 is 0 Å². The molecule has 74 valence electrons. The second-order valence-electron chi connectivity index (χ2n) is 4.06. The number of rotatable bonds is 1. The highest BCUT2D eigenvalue weighted by Gasteiger charge is 2.09. The summed E-state index contributed by atoms with van der Waals surface area (Å²) in [4.78, 5) is 3.15. The van der Waals surface area contributed by atoms with Gasteiger partial charge in [0.25, 0.3) is 0 Å². The fraction of sp³-hybridized carbons (Fsp3) is 0.333. The second kappa shape index (κ2) is 3.12. The van der Waals surface area contributed by atoms with Crippen molar-refractivity contribution in [2.45, 2.75) is 26.7 Å². The third-order valence-corrected chi connectivity index (χ3v) is 2.49. The Labute approximate surface area is 82.9 Å². The van der Waals surface area contributed by atoms with Crippen LogP contribution in [0.15, 0.2) is 18.2 Å². The predicted molar refractivity (Wildman–Crippen MR) is 57.1 cm³/mol. The lowest BCUT2D eigenvalue weighted by atomic mass is 9.99. The molecular formula is C12H14FN. The number of aromatic amines is 1. The molecule has 0 bridgehead atoms. The molecule has 0 unspecified atom stereocenters. The standard InChI is InChI=1S/C12H14FN/c1-7(2)10-5-9(13)6-12-11(10)4-8(3)14-12/h4-7,14H,1-3H3. The third-order valence-electron chi connectivity index (χ3n) is 2.49. The van der Waals surface area contributed by atoms with Crippen molar-refractivity contribution in [2.75, 3.05) is 0 Å². The van der Waals surface area contributed by atoms with Gasteiger partial charge < -0.3 is 4.98 Å². The molecule has 2 rings (SSSR count). The minimum atomic E-state index is -0.164. The lowest BCUT2D eigenvalue weighted by Crippen LogP contribution is -1.89. The monoisotopic (exact) mass is 191 g/mol. The molecule has 0 saturated carbocycles. The highest BCUT2D eigenvalue weighted by molar-refractivity contribution is 5.84. The van der Waals surface area contributed by atoms with E-state index in [0.717, 1.165) is 22.2 Å². The number of aromatic nitrogens is 1. The van der Waals surface area contributed by atoms with Crippen LogP contribution >= 0.6 is 0 Å². The first-order valence-electron chi connectivity index (χ1n) is 4.86. The number of hydrogen-bond donors (Lipinski definition) is 1. The number of aryl methyl sites for hydroxylation is 1. The van der Waals surface area contributed by atoms with Gasteiger partial charge in [-0.05, 0) is 36.6 Å². The van der Waals surface area contributed by atoms with Crippen LogP contribution in [-0.4, -0.2) is 4.98 Å². The van der Waals surface area contributed by atoms with Gasteiger partial charge in [-0.25, -0.2) is 4.39 Å². The van der Waals surface area contributed by atoms with E-state index in [-0.39, 0.29) is 5.82 Å². The topological polar surface area (TPSA) is 15.8 Å². The van der Waals surface area contributed by atoms with Crippen LogP contribution in [0.4, 0.5) is 4.39 Å². The number of H-pyrrole nitrogens is 1. The Balaban J connectivity index is 2.79. The van der Waals surface area contributed by atoms with Crippen molar-refractivity contribution in [1.82, 2.24) is 4.98 Å². The first-order chi connectivity index (χ1) is 6.58. The van der Waals surface area contributed by atoms with Crippen LogP contribution < -0.4 is 0 Å². The highest BCUT2D eigenvalue weighted by Crippen LogP contribution is 2.27. The molecule has 1 nitrogen and oxygen atoms in total. The molecule has 0 radical (unpaired) electrons. The number of hydrogen-bond acceptors (Lipinski definition) is 0. The fourth-order valence-corrected chi connectivity index (χ4v) is 1.85. The summed E-state index contributed by atoms with van der Waals surface area (Å²) in [5.41, 5.74) is 3.04. The van der Waals surface area contributed by atoms with E-state index >= 15 is 0 Å². The maximum atomic E-state index is 13.2. The number of benzene rings is 1. The van der Waals surface area contributed by atoms with Crippen LogP contribution in [0.3, 0.4) is 0 Å². The molecule has 1 aromatic heterocycles. The van der Waals surface area contributed by atoms with E-state index in [4.69, 9.17) is 0 Å². The van der Waals surface area contributed by atoms with Crippen molar-refractivity contribution >= 4 is 10.9 Å². The maximum Gasteiger partial charge on any atom is 0.125 e. The van der Waals surface area contributed by atoms with Gasteiger partial charge in [-0.2, -0.15) is 0 Å². The molecule has 1 N–H and O–H groups in total. The van der Waals surface area contributed by atoms with Gasteiger partial charge in [-0.3, -0.25) is 0 Å². The number of fused-ring (bicyclic) bond motifs is 1. The summed E-state index contributed by atoms with van der Waals surface area (Å²) in [7, 11) is 0. The Morgan fingerprint density at radius 3 is 2.57 bits per heavy atom. The van der Waals surface area contributed by atoms with Gasteiger partial charge in [0.2, 0.25) is 0 Å². The zero-order valence-electron chi connectivity index (χ0n) is 8.69. The van der Waals surface area contributed by atoms with E-state index in [0.29, 0.717) is 5.92 Å². The molecule has 2 aromatic rings. The lowest BCUT2D eigenvalue weighted by Gasteiger charge is -2.06. The van der Waals surface area contributed by atoms with Crippen LogP contribution in [0.2, 0.25) is 0 Å². The van der Waals surface area contributed by atoms with Gasteiger partial charge >= 0.3 is 0 Å². The van der Waals surface area contributed by atoms with Gasteiger partial charge in [0.05, 0.1) is 0 Å². The van der Waals surface area contributed by atoms with E-state index in [9.17, 15) is 4.39 Å². The van der Waals surface area contributed by atoms with Crippen LogP contribution in [0.5, 0.6) is 0 Å². The van der Waals surface area contributed by atoms with Crippen molar-refractivity contribution in [2.24, 2.45) is 0 Å². The maximum absolute atomic E-state index is 13.2. The zero-order chi connectivity index (χ0) is 10.3. The van der Waals surface area contributed by atoms with Crippen molar-refractivity contribution in [3.05, 3.63) is 35.3 Å². The average Bonchev–Trinajstić information content (AvgIpc) is 2.42. The molecule has 0 amide bonds. The lowest BCUT2D eigenvalue weighted by molar-refractivity contribution is 0.625. The first kappa shape index (κ1) is 9.25. The largest absolute Gasteiger partial charge is 0.359 e. The first-order valence-corrected chi connectivity index (χ1v) is 4.86. The molecule has 0 aliphatic heterocycles. The molecule has 1 aromatic carbocycles. The van der Waals surface area contributed by atoms with Crippen molar-refractivity contribution in [3.8, 4) is 0 Å². The Morgan fingerprint density at radius 1 is 1.21 bits per heavy atom. The fourth-order valence-electron chi connectivity index (χ4n) is 1.85. The summed E-state index contributed by atoms with van der Waals surface area (Å²) in [6.45, 7) is 6.15. The normalized spacial score (nSPS) is 11.5. The zero-order valence-corrected chi connectivity index (χ0v) is 8.69. The van der Waals surface area contributed by atoms with E-state index in [1.54, 1.807) is 12.1 Å². The molecular weight excluding hydrogens is 177 g/mol. The SMILES string of the molecule is Cc1cc2c(C(C)C)cc(F)cc2[nH]1. The summed E-state index contributed by atoms with van der Waals surface area (Å²) in [5.74, 6) is 0.187. The summed E-state index contributed by atoms with van der Waals surface area (Å²) in [5, 5.41) is 1.14. The molecule has 1 heterocycles. The van der Waals surface area contributed by atoms with Crippen LogP contribution in [0.25, 0.3) is 10.9 Å². The van der Waals surface area contributed by atoms with Crippen molar-refractivity contribution in [3.63, 3.8) is 0 Å². The molecule has 0 atom stereocenters. The molecule has 0 spiro atoms. The summed E-state index contributed by atoms with van der Waals surface area (Å²) in [6.07, 6.45) is 0. The van der Waals surface area contributed by atoms with E-state index in [1.165, 1.54) is 0 Å². The van der Waals surface area contributed by atoms with E-state index in [2.05, 4.69) is 24.9 Å². The Hall–Kier alpha value is -1.31. The van der Waals surface area contributed by atoms with Crippen molar-refractivity contribution in [1.29, 1.82) is 0 Å². The second-order valence-corrected chi connectivity index (χ2v) is 4.06. The van der Waals surface area contributed by atoms with Gasteiger partial charge in [0.15, 0.2) is 0 Å². The van der Waals surface area contributed by atoms with Gasteiger partial charge in [0, 0.05) is 16.6 Å². The summed E-state index contributed by atoms with van der Waals surface area (Å²) < 4.78 is 13.2. The van der Waals surface area contributed by atoms with Gasteiger partial charge in [-0.15, -0.1) is 0 Å². The molecule has 0 fully saturated rings.